The zero-order valence-corrected chi connectivity index (χ0v) is 14.2. The van der Waals surface area contributed by atoms with Crippen LogP contribution in [0.25, 0.3) is 0 Å². The van der Waals surface area contributed by atoms with Gasteiger partial charge in [-0.05, 0) is 32.4 Å². The number of rotatable bonds is 3. The van der Waals surface area contributed by atoms with E-state index < -0.39 is 0 Å². The van der Waals surface area contributed by atoms with E-state index in [9.17, 15) is 4.79 Å². The molecule has 3 rings (SSSR count). The van der Waals surface area contributed by atoms with Gasteiger partial charge in [0, 0.05) is 17.5 Å². The van der Waals surface area contributed by atoms with Gasteiger partial charge in [-0.25, -0.2) is 9.97 Å². The van der Waals surface area contributed by atoms with E-state index in [1.165, 1.54) is 6.33 Å². The van der Waals surface area contributed by atoms with Gasteiger partial charge < -0.3 is 15.4 Å². The Kier molecular flexibility index (Phi) is 4.38. The summed E-state index contributed by atoms with van der Waals surface area (Å²) in [4.78, 5) is 20.7. The second-order valence-electron chi connectivity index (χ2n) is 6.87. The van der Waals surface area contributed by atoms with Crippen LogP contribution in [0.5, 0.6) is 5.75 Å². The summed E-state index contributed by atoms with van der Waals surface area (Å²) in [6.45, 7) is 6.43. The monoisotopic (exact) mass is 326 g/mol. The molecule has 2 heterocycles. The summed E-state index contributed by atoms with van der Waals surface area (Å²) in [5, 5.41) is 6.06. The van der Waals surface area contributed by atoms with Crippen LogP contribution in [0.4, 0.5) is 5.82 Å². The minimum atomic E-state index is -0.256. The largest absolute Gasteiger partial charge is 0.487 e. The summed E-state index contributed by atoms with van der Waals surface area (Å²) in [5.41, 5.74) is 2.66. The van der Waals surface area contributed by atoms with Crippen LogP contribution in [0.2, 0.25) is 0 Å². The summed E-state index contributed by atoms with van der Waals surface area (Å²) >= 11 is 0. The van der Waals surface area contributed by atoms with E-state index in [4.69, 9.17) is 4.74 Å². The molecule has 0 saturated heterocycles. The Hall–Kier alpha value is -2.63. The summed E-state index contributed by atoms with van der Waals surface area (Å²) in [5.74, 6) is 1.48. The second-order valence-corrected chi connectivity index (χ2v) is 6.87. The average molecular weight is 326 g/mol. The van der Waals surface area contributed by atoms with Crippen LogP contribution in [0.15, 0.2) is 30.6 Å². The van der Waals surface area contributed by atoms with Gasteiger partial charge in [-0.1, -0.05) is 18.2 Å². The number of carbonyl (C=O) groups is 1. The maximum absolute atomic E-state index is 12.0. The molecule has 6 heteroatoms. The number of ether oxygens (including phenoxy) is 1. The van der Waals surface area contributed by atoms with Gasteiger partial charge in [0.25, 0.3) is 0 Å². The fraction of sp³-hybridized carbons (Fsp3) is 0.389. The first-order chi connectivity index (χ1) is 11.4. The standard InChI is InChI=1S/C18H22N4O2/c1-18(2,3)22-16(23)9-19-17-13-8-12-6-4-5-7-15(12)24-10-14(13)20-11-21-17/h4-7,11H,8-10H2,1-3H3,(H,22,23)(H,19,20,21). The molecule has 1 aromatic carbocycles. The molecule has 0 radical (unpaired) electrons. The first-order valence-electron chi connectivity index (χ1n) is 8.01. The van der Waals surface area contributed by atoms with Crippen LogP contribution in [0.3, 0.4) is 0 Å². The van der Waals surface area contributed by atoms with Crippen molar-refractivity contribution in [3.63, 3.8) is 0 Å². The van der Waals surface area contributed by atoms with Crippen LogP contribution in [-0.4, -0.2) is 28.0 Å². The van der Waals surface area contributed by atoms with Gasteiger partial charge in [0.2, 0.25) is 5.91 Å². The highest BCUT2D eigenvalue weighted by molar-refractivity contribution is 5.81. The fourth-order valence-corrected chi connectivity index (χ4v) is 2.66. The lowest BCUT2D eigenvalue weighted by Gasteiger charge is -2.21. The van der Waals surface area contributed by atoms with Crippen LogP contribution >= 0.6 is 0 Å². The molecule has 126 valence electrons. The molecule has 0 saturated carbocycles. The lowest BCUT2D eigenvalue weighted by Crippen LogP contribution is -2.43. The van der Waals surface area contributed by atoms with Gasteiger partial charge in [-0.15, -0.1) is 0 Å². The number of carbonyl (C=O) groups excluding carboxylic acids is 1. The fourth-order valence-electron chi connectivity index (χ4n) is 2.66. The minimum absolute atomic E-state index is 0.0693. The molecule has 2 N–H and O–H groups in total. The molecular weight excluding hydrogens is 304 g/mol. The van der Waals surface area contributed by atoms with E-state index in [1.54, 1.807) is 0 Å². The van der Waals surface area contributed by atoms with Gasteiger partial charge in [-0.2, -0.15) is 0 Å². The molecule has 2 aromatic rings. The van der Waals surface area contributed by atoms with Crippen LogP contribution in [0, 0.1) is 0 Å². The maximum atomic E-state index is 12.0. The quantitative estimate of drug-likeness (QED) is 0.905. The maximum Gasteiger partial charge on any atom is 0.239 e. The smallest absolute Gasteiger partial charge is 0.239 e. The zero-order valence-electron chi connectivity index (χ0n) is 14.2. The molecule has 0 unspecified atom stereocenters. The summed E-state index contributed by atoms with van der Waals surface area (Å²) in [7, 11) is 0. The van der Waals surface area contributed by atoms with E-state index >= 15 is 0 Å². The number of hydrogen-bond donors (Lipinski definition) is 2. The Morgan fingerprint density at radius 2 is 2.04 bits per heavy atom. The van der Waals surface area contributed by atoms with E-state index in [1.807, 2.05) is 45.0 Å². The van der Waals surface area contributed by atoms with Crippen LogP contribution in [0.1, 0.15) is 37.6 Å². The minimum Gasteiger partial charge on any atom is -0.487 e. The van der Waals surface area contributed by atoms with Crippen molar-refractivity contribution in [2.24, 2.45) is 0 Å². The van der Waals surface area contributed by atoms with Gasteiger partial charge in [0.15, 0.2) is 0 Å². The van der Waals surface area contributed by atoms with Crippen molar-refractivity contribution in [1.29, 1.82) is 0 Å². The van der Waals surface area contributed by atoms with Crippen LogP contribution < -0.4 is 15.4 Å². The molecule has 24 heavy (non-hydrogen) atoms. The Bertz CT molecular complexity index is 753. The van der Waals surface area contributed by atoms with Crippen molar-refractivity contribution >= 4 is 11.7 Å². The Labute approximate surface area is 141 Å². The third kappa shape index (κ3) is 3.82. The van der Waals surface area contributed by atoms with Crippen molar-refractivity contribution in [2.45, 2.75) is 39.3 Å². The number of nitrogens with zero attached hydrogens (tertiary/aromatic N) is 2. The van der Waals surface area contributed by atoms with Crippen LogP contribution in [-0.2, 0) is 17.8 Å². The lowest BCUT2D eigenvalue weighted by atomic mass is 10.0. The SMILES string of the molecule is CC(C)(C)NC(=O)CNc1ncnc2c1Cc1ccccc1OC2. The topological polar surface area (TPSA) is 76.1 Å². The van der Waals surface area contributed by atoms with Crippen molar-refractivity contribution in [1.82, 2.24) is 15.3 Å². The van der Waals surface area contributed by atoms with Gasteiger partial charge in [0.05, 0.1) is 12.2 Å². The Balaban J connectivity index is 1.79. The molecule has 6 nitrogen and oxygen atoms in total. The first-order valence-corrected chi connectivity index (χ1v) is 8.01. The zero-order chi connectivity index (χ0) is 17.2. The lowest BCUT2D eigenvalue weighted by molar-refractivity contribution is -0.120. The normalized spacial score (nSPS) is 13.1. The predicted molar refractivity (Wildman–Crippen MR) is 92.0 cm³/mol. The number of aromatic nitrogens is 2. The Morgan fingerprint density at radius 1 is 1.25 bits per heavy atom. The number of fused-ring (bicyclic) bond motifs is 2. The van der Waals surface area contributed by atoms with Crippen molar-refractivity contribution in [2.75, 3.05) is 11.9 Å². The highest BCUT2D eigenvalue weighted by Crippen LogP contribution is 2.29. The second kappa shape index (κ2) is 6.47. The molecule has 1 aliphatic heterocycles. The molecule has 0 aliphatic carbocycles. The first kappa shape index (κ1) is 16.2. The third-order valence-electron chi connectivity index (χ3n) is 3.67. The highest BCUT2D eigenvalue weighted by Gasteiger charge is 2.20. The summed E-state index contributed by atoms with van der Waals surface area (Å²) in [6.07, 6.45) is 2.18. The van der Waals surface area contributed by atoms with E-state index in [0.29, 0.717) is 18.8 Å². The van der Waals surface area contributed by atoms with Crippen molar-refractivity contribution in [3.05, 3.63) is 47.4 Å². The average Bonchev–Trinajstić information content (AvgIpc) is 2.71. The van der Waals surface area contributed by atoms with E-state index in [0.717, 1.165) is 22.6 Å². The molecule has 0 fully saturated rings. The van der Waals surface area contributed by atoms with E-state index in [-0.39, 0.29) is 18.0 Å². The molecular formula is C18H22N4O2. The number of anilines is 1. The number of nitrogens with one attached hydrogen (secondary N) is 2. The molecule has 0 atom stereocenters. The number of para-hydroxylation sites is 1. The van der Waals surface area contributed by atoms with Gasteiger partial charge in [-0.3, -0.25) is 4.79 Å². The van der Waals surface area contributed by atoms with Gasteiger partial charge >= 0.3 is 0 Å². The van der Waals surface area contributed by atoms with Crippen molar-refractivity contribution < 1.29 is 9.53 Å². The summed E-state index contributed by atoms with van der Waals surface area (Å²) < 4.78 is 5.82. The molecule has 1 aliphatic rings. The molecule has 1 aromatic heterocycles. The van der Waals surface area contributed by atoms with E-state index in [2.05, 4.69) is 20.6 Å². The molecule has 0 spiro atoms. The van der Waals surface area contributed by atoms with Gasteiger partial charge in [0.1, 0.15) is 24.5 Å². The summed E-state index contributed by atoms with van der Waals surface area (Å²) in [6, 6.07) is 7.93. The molecule has 0 bridgehead atoms. The predicted octanol–water partition coefficient (Wildman–Crippen LogP) is 2.29. The number of amides is 1. The number of benzene rings is 1. The molecule has 1 amide bonds. The highest BCUT2D eigenvalue weighted by atomic mass is 16.5. The van der Waals surface area contributed by atoms with Crippen molar-refractivity contribution in [3.8, 4) is 5.75 Å². The number of hydrogen-bond acceptors (Lipinski definition) is 5. The third-order valence-corrected chi connectivity index (χ3v) is 3.67. The Morgan fingerprint density at radius 3 is 2.83 bits per heavy atom.